The van der Waals surface area contributed by atoms with Crippen LogP contribution >= 0.6 is 0 Å². The van der Waals surface area contributed by atoms with E-state index in [4.69, 9.17) is 9.47 Å². The van der Waals surface area contributed by atoms with E-state index in [0.29, 0.717) is 24.5 Å². The van der Waals surface area contributed by atoms with Gasteiger partial charge in [-0.25, -0.2) is 0 Å². The van der Waals surface area contributed by atoms with Crippen LogP contribution in [0.25, 0.3) is 0 Å². The van der Waals surface area contributed by atoms with Crippen molar-refractivity contribution in [2.75, 3.05) is 25.2 Å². The Balaban J connectivity index is 1.63. The van der Waals surface area contributed by atoms with Gasteiger partial charge in [0.25, 0.3) is 5.91 Å². The Kier molecular flexibility index (Phi) is 5.88. The van der Waals surface area contributed by atoms with Gasteiger partial charge in [0.05, 0.1) is 5.56 Å². The number of amides is 1. The molecule has 0 saturated carbocycles. The molecule has 132 valence electrons. The largest absolute Gasteiger partial charge is 0.490 e. The molecule has 0 unspecified atom stereocenters. The van der Waals surface area contributed by atoms with Crippen molar-refractivity contribution in [2.24, 2.45) is 0 Å². The Morgan fingerprint density at radius 3 is 2.08 bits per heavy atom. The molecule has 0 fully saturated rings. The zero-order chi connectivity index (χ0) is 18.2. The van der Waals surface area contributed by atoms with Crippen molar-refractivity contribution in [3.8, 4) is 11.5 Å². The summed E-state index contributed by atoms with van der Waals surface area (Å²) in [5, 5.41) is 0. The second-order valence-electron chi connectivity index (χ2n) is 5.71. The van der Waals surface area contributed by atoms with Gasteiger partial charge >= 0.3 is 0 Å². The normalized spacial score (nSPS) is 10.2. The second kappa shape index (κ2) is 8.72. The van der Waals surface area contributed by atoms with Crippen LogP contribution in [-0.2, 0) is 0 Å². The minimum absolute atomic E-state index is 0.115. The maximum atomic E-state index is 12.8. The first-order chi connectivity index (χ1) is 12.8. The first-order valence-corrected chi connectivity index (χ1v) is 8.48. The van der Waals surface area contributed by atoms with Crippen LogP contribution in [0.5, 0.6) is 11.5 Å². The highest BCUT2D eigenvalue weighted by Crippen LogP contribution is 2.22. The van der Waals surface area contributed by atoms with Crippen LogP contribution in [0.1, 0.15) is 10.4 Å². The van der Waals surface area contributed by atoms with Crippen LogP contribution in [-0.4, -0.2) is 26.2 Å². The van der Waals surface area contributed by atoms with E-state index in [-0.39, 0.29) is 5.91 Å². The zero-order valence-corrected chi connectivity index (χ0v) is 14.7. The van der Waals surface area contributed by atoms with Gasteiger partial charge in [0.2, 0.25) is 0 Å². The molecular weight excluding hydrogens is 326 g/mol. The molecule has 0 saturated heterocycles. The summed E-state index contributed by atoms with van der Waals surface area (Å²) in [7, 11) is 1.76. The van der Waals surface area contributed by atoms with Crippen LogP contribution in [0.2, 0.25) is 0 Å². The molecule has 0 aliphatic carbocycles. The quantitative estimate of drug-likeness (QED) is 0.594. The molecule has 3 aromatic carbocycles. The van der Waals surface area contributed by atoms with Gasteiger partial charge in [-0.3, -0.25) is 4.79 Å². The van der Waals surface area contributed by atoms with Gasteiger partial charge in [0.1, 0.15) is 24.7 Å². The molecule has 0 aliphatic rings. The van der Waals surface area contributed by atoms with Gasteiger partial charge in [0, 0.05) is 12.7 Å². The first-order valence-electron chi connectivity index (χ1n) is 8.48. The maximum Gasteiger partial charge on any atom is 0.261 e. The van der Waals surface area contributed by atoms with Crippen molar-refractivity contribution < 1.29 is 14.3 Å². The van der Waals surface area contributed by atoms with Crippen molar-refractivity contribution in [3.05, 3.63) is 90.5 Å². The van der Waals surface area contributed by atoms with Gasteiger partial charge < -0.3 is 14.4 Å². The number of benzene rings is 3. The number of carbonyl (C=O) groups excluding carboxylic acids is 1. The molecule has 0 aliphatic heterocycles. The Labute approximate surface area is 153 Å². The SMILES string of the molecule is CN(C(=O)c1ccccc1OCCOc1ccccc1)c1ccccc1. The van der Waals surface area contributed by atoms with E-state index in [1.807, 2.05) is 72.8 Å². The number of carbonyl (C=O) groups is 1. The third-order valence-electron chi connectivity index (χ3n) is 3.92. The summed E-state index contributed by atoms with van der Waals surface area (Å²) in [6.45, 7) is 0.759. The van der Waals surface area contributed by atoms with Crippen LogP contribution in [0.15, 0.2) is 84.9 Å². The van der Waals surface area contributed by atoms with E-state index in [2.05, 4.69) is 0 Å². The molecule has 1 amide bonds. The predicted molar refractivity (Wildman–Crippen MR) is 103 cm³/mol. The topological polar surface area (TPSA) is 38.8 Å². The fourth-order valence-electron chi connectivity index (χ4n) is 2.55. The lowest BCUT2D eigenvalue weighted by Crippen LogP contribution is -2.26. The molecule has 4 nitrogen and oxygen atoms in total. The molecule has 0 radical (unpaired) electrons. The molecule has 0 heterocycles. The van der Waals surface area contributed by atoms with E-state index >= 15 is 0 Å². The molecule has 26 heavy (non-hydrogen) atoms. The monoisotopic (exact) mass is 347 g/mol. The Hall–Kier alpha value is -3.27. The van der Waals surface area contributed by atoms with Gasteiger partial charge in [-0.05, 0) is 36.4 Å². The number of hydrogen-bond acceptors (Lipinski definition) is 3. The van der Waals surface area contributed by atoms with Crippen molar-refractivity contribution in [2.45, 2.75) is 0 Å². The molecule has 3 aromatic rings. The molecule has 0 aromatic heterocycles. The van der Waals surface area contributed by atoms with Crippen LogP contribution < -0.4 is 14.4 Å². The van der Waals surface area contributed by atoms with E-state index in [1.165, 1.54) is 0 Å². The average molecular weight is 347 g/mol. The third kappa shape index (κ3) is 4.42. The average Bonchev–Trinajstić information content (AvgIpc) is 2.72. The number of para-hydroxylation sites is 3. The minimum atomic E-state index is -0.115. The number of anilines is 1. The lowest BCUT2D eigenvalue weighted by atomic mass is 10.1. The highest BCUT2D eigenvalue weighted by atomic mass is 16.5. The molecular formula is C22H21NO3. The van der Waals surface area contributed by atoms with E-state index in [0.717, 1.165) is 11.4 Å². The molecule has 4 heteroatoms. The van der Waals surface area contributed by atoms with Crippen molar-refractivity contribution in [3.63, 3.8) is 0 Å². The zero-order valence-electron chi connectivity index (χ0n) is 14.7. The van der Waals surface area contributed by atoms with E-state index in [1.54, 1.807) is 24.1 Å². The Morgan fingerprint density at radius 1 is 0.769 bits per heavy atom. The van der Waals surface area contributed by atoms with Gasteiger partial charge in [-0.1, -0.05) is 48.5 Å². The summed E-state index contributed by atoms with van der Waals surface area (Å²) < 4.78 is 11.4. The van der Waals surface area contributed by atoms with Gasteiger partial charge in [0.15, 0.2) is 0 Å². The Morgan fingerprint density at radius 2 is 1.35 bits per heavy atom. The standard InChI is InChI=1S/C22H21NO3/c1-23(18-10-4-2-5-11-18)22(24)20-14-8-9-15-21(20)26-17-16-25-19-12-6-3-7-13-19/h2-15H,16-17H2,1H3. The van der Waals surface area contributed by atoms with E-state index < -0.39 is 0 Å². The molecule has 0 bridgehead atoms. The summed E-state index contributed by atoms with van der Waals surface area (Å²) >= 11 is 0. The first kappa shape index (κ1) is 17.5. The van der Waals surface area contributed by atoms with Crippen LogP contribution in [0, 0.1) is 0 Å². The van der Waals surface area contributed by atoms with Crippen molar-refractivity contribution in [1.29, 1.82) is 0 Å². The minimum Gasteiger partial charge on any atom is -0.490 e. The van der Waals surface area contributed by atoms with Gasteiger partial charge in [-0.2, -0.15) is 0 Å². The smallest absolute Gasteiger partial charge is 0.261 e. The Bertz CT molecular complexity index is 834. The van der Waals surface area contributed by atoms with Crippen LogP contribution in [0.4, 0.5) is 5.69 Å². The summed E-state index contributed by atoms with van der Waals surface area (Å²) in [6.07, 6.45) is 0. The molecule has 0 N–H and O–H groups in total. The number of nitrogens with zero attached hydrogens (tertiary/aromatic N) is 1. The summed E-state index contributed by atoms with van der Waals surface area (Å²) in [6, 6.07) is 26.4. The maximum absolute atomic E-state index is 12.8. The lowest BCUT2D eigenvalue weighted by molar-refractivity contribution is 0.0988. The fourth-order valence-corrected chi connectivity index (χ4v) is 2.55. The lowest BCUT2D eigenvalue weighted by Gasteiger charge is -2.19. The highest BCUT2D eigenvalue weighted by Gasteiger charge is 2.17. The van der Waals surface area contributed by atoms with E-state index in [9.17, 15) is 4.79 Å². The number of rotatable bonds is 7. The second-order valence-corrected chi connectivity index (χ2v) is 5.71. The molecule has 0 atom stereocenters. The number of hydrogen-bond donors (Lipinski definition) is 0. The number of ether oxygens (including phenoxy) is 2. The summed E-state index contributed by atoms with van der Waals surface area (Å²) in [4.78, 5) is 14.4. The van der Waals surface area contributed by atoms with Crippen molar-refractivity contribution in [1.82, 2.24) is 0 Å². The van der Waals surface area contributed by atoms with Gasteiger partial charge in [-0.15, -0.1) is 0 Å². The predicted octanol–water partition coefficient (Wildman–Crippen LogP) is 4.42. The molecule has 3 rings (SSSR count). The van der Waals surface area contributed by atoms with Crippen LogP contribution in [0.3, 0.4) is 0 Å². The summed E-state index contributed by atoms with van der Waals surface area (Å²) in [5.41, 5.74) is 1.36. The summed E-state index contributed by atoms with van der Waals surface area (Å²) in [5.74, 6) is 1.23. The molecule has 0 spiro atoms. The third-order valence-corrected chi connectivity index (χ3v) is 3.92. The van der Waals surface area contributed by atoms with Crippen molar-refractivity contribution >= 4 is 11.6 Å². The fraction of sp³-hybridized carbons (Fsp3) is 0.136. The highest BCUT2D eigenvalue weighted by molar-refractivity contribution is 6.07.